The molecule has 0 aliphatic heterocycles. The number of hydrogen-bond acceptors (Lipinski definition) is 6. The van der Waals surface area contributed by atoms with E-state index in [4.69, 9.17) is 0 Å². The van der Waals surface area contributed by atoms with Crippen molar-refractivity contribution in [3.63, 3.8) is 0 Å². The third kappa shape index (κ3) is 3.15. The van der Waals surface area contributed by atoms with E-state index in [1.54, 1.807) is 11.0 Å². The van der Waals surface area contributed by atoms with E-state index in [2.05, 4.69) is 20.5 Å². The first-order valence-corrected chi connectivity index (χ1v) is 9.77. The van der Waals surface area contributed by atoms with Crippen LogP contribution in [0.2, 0.25) is 0 Å². The molecule has 0 amide bonds. The zero-order chi connectivity index (χ0) is 19.7. The van der Waals surface area contributed by atoms with E-state index in [0.717, 1.165) is 29.2 Å². The molecule has 28 heavy (non-hydrogen) atoms. The van der Waals surface area contributed by atoms with Crippen LogP contribution in [-0.2, 0) is 20.5 Å². The van der Waals surface area contributed by atoms with Gasteiger partial charge in [0.25, 0.3) is 5.56 Å². The van der Waals surface area contributed by atoms with E-state index in [1.807, 2.05) is 66.8 Å². The summed E-state index contributed by atoms with van der Waals surface area (Å²) >= 11 is 1.51. The van der Waals surface area contributed by atoms with E-state index in [-0.39, 0.29) is 5.56 Å². The first-order valence-electron chi connectivity index (χ1n) is 8.78. The van der Waals surface area contributed by atoms with Gasteiger partial charge in [-0.05, 0) is 35.9 Å². The van der Waals surface area contributed by atoms with Crippen LogP contribution in [0.3, 0.4) is 0 Å². The lowest BCUT2D eigenvalue weighted by Gasteiger charge is -2.07. The van der Waals surface area contributed by atoms with Gasteiger partial charge in [-0.2, -0.15) is 4.68 Å². The molecule has 3 aromatic heterocycles. The topological polar surface area (TPSA) is 88.4 Å². The molecule has 0 unspecified atom stereocenters. The standard InChI is InChI=1S/C18H20N8OS/c1-13-16(17(27)26(24(13)3)14-7-5-4-6-8-14)25-18(20-21-22-25)28-10-9-15-11-19-12-23(15)2/h4-8,11-12H,9-10H2,1-3H3. The maximum absolute atomic E-state index is 13.2. The summed E-state index contributed by atoms with van der Waals surface area (Å²) in [4.78, 5) is 17.3. The van der Waals surface area contributed by atoms with Crippen LogP contribution in [0.25, 0.3) is 11.4 Å². The van der Waals surface area contributed by atoms with Gasteiger partial charge >= 0.3 is 0 Å². The fraction of sp³-hybridized carbons (Fsp3) is 0.278. The van der Waals surface area contributed by atoms with Gasteiger partial charge in [-0.3, -0.25) is 9.48 Å². The maximum Gasteiger partial charge on any atom is 0.297 e. The molecule has 10 heteroatoms. The molecule has 0 saturated heterocycles. The van der Waals surface area contributed by atoms with Crippen molar-refractivity contribution in [3.8, 4) is 11.4 Å². The van der Waals surface area contributed by atoms with Crippen molar-refractivity contribution in [2.24, 2.45) is 14.1 Å². The quantitative estimate of drug-likeness (QED) is 0.459. The number of hydrogen-bond donors (Lipinski definition) is 0. The van der Waals surface area contributed by atoms with Crippen molar-refractivity contribution < 1.29 is 0 Å². The fourth-order valence-corrected chi connectivity index (χ4v) is 3.92. The number of benzene rings is 1. The molecule has 0 aliphatic carbocycles. The lowest BCUT2D eigenvalue weighted by atomic mass is 10.3. The number of para-hydroxylation sites is 1. The Morgan fingerprint density at radius 2 is 1.93 bits per heavy atom. The number of imidazole rings is 1. The van der Waals surface area contributed by atoms with Crippen LogP contribution in [0.4, 0.5) is 0 Å². The Morgan fingerprint density at radius 3 is 2.64 bits per heavy atom. The van der Waals surface area contributed by atoms with Gasteiger partial charge in [-0.25, -0.2) is 9.67 Å². The molecule has 144 valence electrons. The highest BCUT2D eigenvalue weighted by Crippen LogP contribution is 2.20. The molecular weight excluding hydrogens is 376 g/mol. The van der Waals surface area contributed by atoms with E-state index >= 15 is 0 Å². The molecule has 0 aliphatic rings. The molecule has 0 N–H and O–H groups in total. The van der Waals surface area contributed by atoms with Crippen LogP contribution in [0.1, 0.15) is 11.4 Å². The lowest BCUT2D eigenvalue weighted by Crippen LogP contribution is -2.22. The van der Waals surface area contributed by atoms with Gasteiger partial charge in [-0.15, -0.1) is 5.10 Å². The largest absolute Gasteiger partial charge is 0.338 e. The molecule has 9 nitrogen and oxygen atoms in total. The lowest BCUT2D eigenvalue weighted by molar-refractivity contribution is 0.630. The molecule has 0 fully saturated rings. The van der Waals surface area contributed by atoms with Crippen LogP contribution in [0.15, 0.2) is 52.8 Å². The molecule has 3 heterocycles. The highest BCUT2D eigenvalue weighted by Gasteiger charge is 2.21. The van der Waals surface area contributed by atoms with Crippen LogP contribution in [0.5, 0.6) is 0 Å². The van der Waals surface area contributed by atoms with E-state index in [9.17, 15) is 4.79 Å². The highest BCUT2D eigenvalue weighted by molar-refractivity contribution is 7.99. The summed E-state index contributed by atoms with van der Waals surface area (Å²) in [5.41, 5.74) is 3.01. The van der Waals surface area contributed by atoms with Crippen LogP contribution >= 0.6 is 11.8 Å². The van der Waals surface area contributed by atoms with Gasteiger partial charge < -0.3 is 4.57 Å². The van der Waals surface area contributed by atoms with Crippen molar-refractivity contribution in [1.82, 2.24) is 39.1 Å². The summed E-state index contributed by atoms with van der Waals surface area (Å²) in [6.07, 6.45) is 4.46. The first-order chi connectivity index (χ1) is 13.6. The molecular formula is C18H20N8OS. The molecule has 0 spiro atoms. The Kier molecular flexibility index (Phi) is 4.86. The van der Waals surface area contributed by atoms with Gasteiger partial charge in [0.1, 0.15) is 0 Å². The predicted octanol–water partition coefficient (Wildman–Crippen LogP) is 1.53. The number of aryl methyl sites for hydroxylation is 2. The first kappa shape index (κ1) is 18.2. The van der Waals surface area contributed by atoms with Gasteiger partial charge in [0.05, 0.1) is 17.7 Å². The Bertz CT molecular complexity index is 1150. The molecule has 4 rings (SSSR count). The summed E-state index contributed by atoms with van der Waals surface area (Å²) in [6.45, 7) is 1.89. The number of tetrazole rings is 1. The minimum absolute atomic E-state index is 0.160. The minimum Gasteiger partial charge on any atom is -0.338 e. The van der Waals surface area contributed by atoms with Crippen molar-refractivity contribution in [2.75, 3.05) is 5.75 Å². The third-order valence-corrected chi connectivity index (χ3v) is 5.60. The normalized spacial score (nSPS) is 11.2. The van der Waals surface area contributed by atoms with Crippen LogP contribution in [0, 0.1) is 6.92 Å². The average molecular weight is 396 g/mol. The Labute approximate surface area is 165 Å². The zero-order valence-corrected chi connectivity index (χ0v) is 16.7. The summed E-state index contributed by atoms with van der Waals surface area (Å²) in [5.74, 6) is 0.776. The van der Waals surface area contributed by atoms with Gasteiger partial charge in [-0.1, -0.05) is 30.0 Å². The summed E-state index contributed by atoms with van der Waals surface area (Å²) in [5, 5.41) is 12.6. The Hall–Kier alpha value is -3.14. The Balaban J connectivity index is 1.65. The second kappa shape index (κ2) is 7.47. The van der Waals surface area contributed by atoms with Crippen molar-refractivity contribution in [3.05, 3.63) is 64.6 Å². The highest BCUT2D eigenvalue weighted by atomic mass is 32.2. The number of aromatic nitrogens is 8. The summed E-state index contributed by atoms with van der Waals surface area (Å²) in [7, 11) is 3.82. The van der Waals surface area contributed by atoms with Crippen molar-refractivity contribution >= 4 is 11.8 Å². The van der Waals surface area contributed by atoms with E-state index in [1.165, 1.54) is 16.4 Å². The second-order valence-electron chi connectivity index (χ2n) is 6.38. The second-order valence-corrected chi connectivity index (χ2v) is 7.44. The Morgan fingerprint density at radius 1 is 1.14 bits per heavy atom. The predicted molar refractivity (Wildman–Crippen MR) is 106 cm³/mol. The van der Waals surface area contributed by atoms with Gasteiger partial charge in [0.2, 0.25) is 5.16 Å². The zero-order valence-electron chi connectivity index (χ0n) is 15.8. The van der Waals surface area contributed by atoms with Crippen LogP contribution < -0.4 is 5.56 Å². The SMILES string of the molecule is Cc1c(-n2nnnc2SCCc2cncn2C)c(=O)n(-c2ccccc2)n1C. The molecule has 0 radical (unpaired) electrons. The smallest absolute Gasteiger partial charge is 0.297 e. The van der Waals surface area contributed by atoms with Crippen LogP contribution in [-0.4, -0.2) is 44.9 Å². The average Bonchev–Trinajstić information content (AvgIpc) is 3.37. The maximum atomic E-state index is 13.2. The molecule has 1 aromatic carbocycles. The van der Waals surface area contributed by atoms with E-state index < -0.39 is 0 Å². The molecule has 4 aromatic rings. The fourth-order valence-electron chi connectivity index (χ4n) is 3.08. The monoisotopic (exact) mass is 396 g/mol. The van der Waals surface area contributed by atoms with E-state index in [0.29, 0.717) is 10.8 Å². The molecule has 0 saturated carbocycles. The summed E-state index contributed by atoms with van der Waals surface area (Å²) < 4.78 is 6.96. The number of nitrogens with zero attached hydrogens (tertiary/aromatic N) is 8. The van der Waals surface area contributed by atoms with Crippen molar-refractivity contribution in [2.45, 2.75) is 18.5 Å². The van der Waals surface area contributed by atoms with Gasteiger partial charge in [0.15, 0.2) is 5.69 Å². The third-order valence-electron chi connectivity index (χ3n) is 4.68. The molecule has 0 atom stereocenters. The summed E-state index contributed by atoms with van der Waals surface area (Å²) in [6, 6.07) is 9.52. The van der Waals surface area contributed by atoms with Crippen molar-refractivity contribution in [1.29, 1.82) is 0 Å². The van der Waals surface area contributed by atoms with Gasteiger partial charge in [0, 0.05) is 31.7 Å². The minimum atomic E-state index is -0.160. The number of thioether (sulfide) groups is 1. The number of rotatable bonds is 6. The molecule has 0 bridgehead atoms.